The number of likely N-dealkylation sites (tertiary alicyclic amines) is 1. The summed E-state index contributed by atoms with van der Waals surface area (Å²) in [5.41, 5.74) is 0.774. The van der Waals surface area contributed by atoms with Crippen molar-refractivity contribution in [2.75, 3.05) is 40.0 Å². The minimum Gasteiger partial charge on any atom is -0.484 e. The van der Waals surface area contributed by atoms with E-state index in [9.17, 15) is 9.90 Å². The van der Waals surface area contributed by atoms with Crippen LogP contribution in [0.4, 0.5) is 0 Å². The van der Waals surface area contributed by atoms with Gasteiger partial charge in [-0.25, -0.2) is 0 Å². The molecule has 1 aliphatic rings. The molecule has 0 aromatic heterocycles. The Kier molecular flexibility index (Phi) is 6.42. The second-order valence-electron chi connectivity index (χ2n) is 6.37. The summed E-state index contributed by atoms with van der Waals surface area (Å²) in [4.78, 5) is 14.3. The molecule has 0 bridgehead atoms. The predicted octanol–water partition coefficient (Wildman–Crippen LogP) is 2.01. The van der Waals surface area contributed by atoms with Crippen molar-refractivity contribution >= 4 is 5.91 Å². The molecule has 2 rings (SSSR count). The number of nitrogens with zero attached hydrogens (tertiary/aromatic N) is 1. The first-order valence-corrected chi connectivity index (χ1v) is 8.16. The van der Waals surface area contributed by atoms with Crippen LogP contribution in [0.25, 0.3) is 0 Å². The van der Waals surface area contributed by atoms with Crippen molar-refractivity contribution in [1.29, 1.82) is 0 Å². The summed E-state index contributed by atoms with van der Waals surface area (Å²) < 4.78 is 10.8. The van der Waals surface area contributed by atoms with E-state index >= 15 is 0 Å². The molecule has 128 valence electrons. The molecule has 1 amide bonds. The van der Waals surface area contributed by atoms with Gasteiger partial charge in [0.2, 0.25) is 0 Å². The lowest BCUT2D eigenvalue weighted by Gasteiger charge is -2.41. The van der Waals surface area contributed by atoms with Crippen molar-refractivity contribution in [1.82, 2.24) is 4.90 Å². The number of piperidine rings is 1. The lowest BCUT2D eigenvalue weighted by atomic mass is 9.78. The first-order chi connectivity index (χ1) is 11.1. The van der Waals surface area contributed by atoms with E-state index in [0.29, 0.717) is 13.2 Å². The highest BCUT2D eigenvalue weighted by atomic mass is 16.5. The van der Waals surface area contributed by atoms with Crippen LogP contribution in [0.15, 0.2) is 24.3 Å². The van der Waals surface area contributed by atoms with E-state index < -0.39 is 0 Å². The third kappa shape index (κ3) is 4.69. The molecule has 1 atom stereocenters. The minimum absolute atomic E-state index is 0.0248. The van der Waals surface area contributed by atoms with Crippen molar-refractivity contribution < 1.29 is 19.4 Å². The number of aliphatic hydroxyl groups is 1. The summed E-state index contributed by atoms with van der Waals surface area (Å²) in [5, 5.41) is 9.79. The second kappa shape index (κ2) is 8.31. The van der Waals surface area contributed by atoms with Gasteiger partial charge in [0.15, 0.2) is 6.61 Å². The Hall–Kier alpha value is -1.59. The first kappa shape index (κ1) is 17.8. The highest BCUT2D eigenvalue weighted by Gasteiger charge is 2.36. The van der Waals surface area contributed by atoms with Gasteiger partial charge in [0.1, 0.15) is 5.75 Å². The van der Waals surface area contributed by atoms with Crippen LogP contribution in [-0.4, -0.2) is 55.9 Å². The zero-order valence-corrected chi connectivity index (χ0v) is 14.1. The largest absolute Gasteiger partial charge is 0.484 e. The molecule has 0 spiro atoms. The van der Waals surface area contributed by atoms with E-state index in [1.807, 2.05) is 36.1 Å². The molecule has 1 N–H and O–H groups in total. The average Bonchev–Trinajstić information content (AvgIpc) is 2.59. The Morgan fingerprint density at radius 2 is 2.17 bits per heavy atom. The minimum atomic E-state index is -0.243. The summed E-state index contributed by atoms with van der Waals surface area (Å²) >= 11 is 0. The Balaban J connectivity index is 1.92. The van der Waals surface area contributed by atoms with E-state index in [0.717, 1.165) is 37.1 Å². The van der Waals surface area contributed by atoms with Gasteiger partial charge in [-0.1, -0.05) is 18.2 Å². The quantitative estimate of drug-likeness (QED) is 0.834. The highest BCUT2D eigenvalue weighted by molar-refractivity contribution is 5.78. The molecule has 1 aliphatic heterocycles. The highest BCUT2D eigenvalue weighted by Crippen LogP contribution is 2.33. The van der Waals surface area contributed by atoms with Crippen LogP contribution in [0.2, 0.25) is 0 Å². The molecule has 1 aromatic carbocycles. The maximum atomic E-state index is 12.4. The summed E-state index contributed by atoms with van der Waals surface area (Å²) in [7, 11) is 1.66. The number of carbonyl (C=O) groups excluding carboxylic acids is 1. The van der Waals surface area contributed by atoms with Gasteiger partial charge in [0, 0.05) is 32.2 Å². The SMILES string of the molecule is COCCC1(CO)CCCN(C(=O)COc2ccccc2C)C1. The molecular weight excluding hydrogens is 294 g/mol. The summed E-state index contributed by atoms with van der Waals surface area (Å²) in [6, 6.07) is 7.67. The third-order valence-corrected chi connectivity index (χ3v) is 4.63. The number of para-hydroxylation sites is 1. The van der Waals surface area contributed by atoms with E-state index in [1.165, 1.54) is 0 Å². The Morgan fingerprint density at radius 3 is 2.87 bits per heavy atom. The maximum absolute atomic E-state index is 12.4. The maximum Gasteiger partial charge on any atom is 0.260 e. The van der Waals surface area contributed by atoms with Crippen LogP contribution < -0.4 is 4.74 Å². The molecule has 1 heterocycles. The molecule has 1 unspecified atom stereocenters. The monoisotopic (exact) mass is 321 g/mol. The fourth-order valence-corrected chi connectivity index (χ4v) is 3.10. The van der Waals surface area contributed by atoms with Crippen LogP contribution in [0.3, 0.4) is 0 Å². The van der Waals surface area contributed by atoms with Crippen molar-refractivity contribution in [3.05, 3.63) is 29.8 Å². The number of hydrogen-bond acceptors (Lipinski definition) is 4. The molecular formula is C18H27NO4. The number of ether oxygens (including phenoxy) is 2. The normalized spacial score (nSPS) is 21.3. The van der Waals surface area contributed by atoms with Gasteiger partial charge in [-0.2, -0.15) is 0 Å². The summed E-state index contributed by atoms with van der Waals surface area (Å²) in [5.74, 6) is 0.717. The molecule has 5 nitrogen and oxygen atoms in total. The van der Waals surface area contributed by atoms with E-state index in [2.05, 4.69) is 0 Å². The number of benzene rings is 1. The zero-order valence-electron chi connectivity index (χ0n) is 14.1. The number of hydrogen-bond donors (Lipinski definition) is 1. The van der Waals surface area contributed by atoms with Gasteiger partial charge in [-0.3, -0.25) is 4.79 Å². The van der Waals surface area contributed by atoms with Crippen LogP contribution in [0.5, 0.6) is 5.75 Å². The molecule has 0 aliphatic carbocycles. The second-order valence-corrected chi connectivity index (χ2v) is 6.37. The van der Waals surface area contributed by atoms with Gasteiger partial charge < -0.3 is 19.5 Å². The van der Waals surface area contributed by atoms with Gasteiger partial charge >= 0.3 is 0 Å². The van der Waals surface area contributed by atoms with Crippen molar-refractivity contribution in [2.45, 2.75) is 26.2 Å². The fraction of sp³-hybridized carbons (Fsp3) is 0.611. The van der Waals surface area contributed by atoms with Crippen LogP contribution in [0, 0.1) is 12.3 Å². The molecule has 0 saturated carbocycles. The molecule has 0 radical (unpaired) electrons. The number of carbonyl (C=O) groups is 1. The van der Waals surface area contributed by atoms with Crippen LogP contribution in [-0.2, 0) is 9.53 Å². The fourth-order valence-electron chi connectivity index (χ4n) is 3.10. The summed E-state index contributed by atoms with van der Waals surface area (Å²) in [6.45, 7) is 3.98. The molecule has 5 heteroatoms. The van der Waals surface area contributed by atoms with E-state index in [1.54, 1.807) is 7.11 Å². The standard InChI is InChI=1S/C18H27NO4/c1-15-6-3-4-7-16(15)23-12-17(21)19-10-5-8-18(13-19,14-20)9-11-22-2/h3-4,6-7,20H,5,8-14H2,1-2H3. The van der Waals surface area contributed by atoms with Gasteiger partial charge in [-0.15, -0.1) is 0 Å². The van der Waals surface area contributed by atoms with Crippen molar-refractivity contribution in [3.8, 4) is 5.75 Å². The van der Waals surface area contributed by atoms with Crippen molar-refractivity contribution in [2.24, 2.45) is 5.41 Å². The number of methoxy groups -OCH3 is 1. The summed E-state index contributed by atoms with van der Waals surface area (Å²) in [6.07, 6.45) is 2.60. The van der Waals surface area contributed by atoms with E-state index in [-0.39, 0.29) is 24.5 Å². The molecule has 1 saturated heterocycles. The Labute approximate surface area is 138 Å². The lowest BCUT2D eigenvalue weighted by Crippen LogP contribution is -2.49. The molecule has 1 aromatic rings. The van der Waals surface area contributed by atoms with Crippen LogP contribution in [0.1, 0.15) is 24.8 Å². The molecule has 23 heavy (non-hydrogen) atoms. The number of amides is 1. The third-order valence-electron chi connectivity index (χ3n) is 4.63. The van der Waals surface area contributed by atoms with E-state index in [4.69, 9.17) is 9.47 Å². The van der Waals surface area contributed by atoms with Gasteiger partial charge in [-0.05, 0) is 37.8 Å². The number of rotatable bonds is 7. The van der Waals surface area contributed by atoms with Crippen molar-refractivity contribution in [3.63, 3.8) is 0 Å². The number of aryl methyl sites for hydroxylation is 1. The Bertz CT molecular complexity index is 519. The number of aliphatic hydroxyl groups excluding tert-OH is 1. The van der Waals surface area contributed by atoms with Gasteiger partial charge in [0.25, 0.3) is 5.91 Å². The smallest absolute Gasteiger partial charge is 0.260 e. The molecule has 1 fully saturated rings. The topological polar surface area (TPSA) is 59.0 Å². The zero-order chi connectivity index (χ0) is 16.7. The Morgan fingerprint density at radius 1 is 1.39 bits per heavy atom. The lowest BCUT2D eigenvalue weighted by molar-refractivity contribution is -0.138. The van der Waals surface area contributed by atoms with Gasteiger partial charge in [0.05, 0.1) is 6.61 Å². The van der Waals surface area contributed by atoms with Crippen LogP contribution >= 0.6 is 0 Å². The average molecular weight is 321 g/mol. The first-order valence-electron chi connectivity index (χ1n) is 8.16. The predicted molar refractivity (Wildman–Crippen MR) is 88.5 cm³/mol.